The number of amides is 1. The summed E-state index contributed by atoms with van der Waals surface area (Å²) in [6, 6.07) is 4.12. The van der Waals surface area contributed by atoms with Gasteiger partial charge in [-0.3, -0.25) is 4.79 Å². The molecular formula is C20H29N7O. The SMILES string of the molecule is O=C1CCC(CN2CCC(c3nnc4ccc(N5CCCC5)nn34)CC2)CN1. The van der Waals surface area contributed by atoms with Crippen LogP contribution in [-0.2, 0) is 4.79 Å². The molecule has 5 heterocycles. The van der Waals surface area contributed by atoms with E-state index in [-0.39, 0.29) is 5.91 Å². The van der Waals surface area contributed by atoms with Crippen LogP contribution in [0.15, 0.2) is 12.1 Å². The van der Waals surface area contributed by atoms with Gasteiger partial charge >= 0.3 is 0 Å². The second-order valence-corrected chi connectivity index (χ2v) is 8.50. The minimum Gasteiger partial charge on any atom is -0.356 e. The number of rotatable bonds is 4. The monoisotopic (exact) mass is 383 g/mol. The first-order chi connectivity index (χ1) is 13.8. The third-order valence-electron chi connectivity index (χ3n) is 6.54. The van der Waals surface area contributed by atoms with Crippen LogP contribution in [0, 0.1) is 5.92 Å². The Hall–Kier alpha value is -2.22. The zero-order valence-corrected chi connectivity index (χ0v) is 16.4. The lowest BCUT2D eigenvalue weighted by atomic mass is 9.93. The Labute approximate surface area is 165 Å². The molecule has 0 radical (unpaired) electrons. The number of carbonyl (C=O) groups excluding carboxylic acids is 1. The van der Waals surface area contributed by atoms with Crippen LogP contribution in [0.3, 0.4) is 0 Å². The van der Waals surface area contributed by atoms with Crippen LogP contribution >= 0.6 is 0 Å². The van der Waals surface area contributed by atoms with Gasteiger partial charge < -0.3 is 15.1 Å². The molecule has 0 saturated carbocycles. The van der Waals surface area contributed by atoms with Crippen LogP contribution in [0.2, 0.25) is 0 Å². The first-order valence-electron chi connectivity index (χ1n) is 10.7. The van der Waals surface area contributed by atoms with Crippen LogP contribution in [0.5, 0.6) is 0 Å². The van der Waals surface area contributed by atoms with Crippen molar-refractivity contribution < 1.29 is 4.79 Å². The Balaban J connectivity index is 1.24. The molecule has 8 nitrogen and oxygen atoms in total. The van der Waals surface area contributed by atoms with Crippen LogP contribution in [0.1, 0.15) is 50.3 Å². The Kier molecular flexibility index (Phi) is 4.88. The number of hydrogen-bond donors (Lipinski definition) is 1. The summed E-state index contributed by atoms with van der Waals surface area (Å²) in [7, 11) is 0. The van der Waals surface area contributed by atoms with Crippen LogP contribution in [0.25, 0.3) is 5.65 Å². The zero-order chi connectivity index (χ0) is 18.9. The molecule has 28 heavy (non-hydrogen) atoms. The summed E-state index contributed by atoms with van der Waals surface area (Å²) < 4.78 is 1.98. The minimum atomic E-state index is 0.203. The summed E-state index contributed by atoms with van der Waals surface area (Å²) in [6.07, 6.45) is 6.38. The predicted molar refractivity (Wildman–Crippen MR) is 106 cm³/mol. The molecule has 1 N–H and O–H groups in total. The molecule has 0 aromatic carbocycles. The van der Waals surface area contributed by atoms with Gasteiger partial charge in [-0.05, 0) is 63.2 Å². The summed E-state index contributed by atoms with van der Waals surface area (Å²) in [5.41, 5.74) is 0.846. The number of carbonyl (C=O) groups is 1. The summed E-state index contributed by atoms with van der Waals surface area (Å²) in [5, 5.41) is 16.7. The lowest BCUT2D eigenvalue weighted by Crippen LogP contribution is -2.43. The fraction of sp³-hybridized carbons (Fsp3) is 0.700. The van der Waals surface area contributed by atoms with E-state index in [2.05, 4.69) is 31.4 Å². The van der Waals surface area contributed by atoms with Crippen molar-refractivity contribution in [2.45, 2.75) is 44.4 Å². The molecule has 3 fully saturated rings. The normalized spacial score (nSPS) is 24.8. The van der Waals surface area contributed by atoms with Gasteiger partial charge in [-0.1, -0.05) is 0 Å². The highest BCUT2D eigenvalue weighted by atomic mass is 16.1. The maximum Gasteiger partial charge on any atom is 0.220 e. The van der Waals surface area contributed by atoms with Crippen LogP contribution in [0.4, 0.5) is 5.82 Å². The number of piperidine rings is 2. The number of nitrogens with zero attached hydrogens (tertiary/aromatic N) is 6. The lowest BCUT2D eigenvalue weighted by molar-refractivity contribution is -0.123. The molecule has 2 aromatic rings. The average Bonchev–Trinajstić information content (AvgIpc) is 3.40. The van der Waals surface area contributed by atoms with E-state index in [4.69, 9.17) is 5.10 Å². The Bertz CT molecular complexity index is 826. The van der Waals surface area contributed by atoms with Gasteiger partial charge in [0.1, 0.15) is 5.82 Å². The Morgan fingerprint density at radius 2 is 1.86 bits per heavy atom. The molecule has 0 aliphatic carbocycles. The summed E-state index contributed by atoms with van der Waals surface area (Å²) in [4.78, 5) is 16.2. The third-order valence-corrected chi connectivity index (χ3v) is 6.54. The molecule has 3 saturated heterocycles. The van der Waals surface area contributed by atoms with Gasteiger partial charge in [0.25, 0.3) is 0 Å². The van der Waals surface area contributed by atoms with Gasteiger partial charge in [0.2, 0.25) is 5.91 Å². The lowest BCUT2D eigenvalue weighted by Gasteiger charge is -2.34. The maximum atomic E-state index is 11.3. The summed E-state index contributed by atoms with van der Waals surface area (Å²) in [5.74, 6) is 3.27. The summed E-state index contributed by atoms with van der Waals surface area (Å²) >= 11 is 0. The number of fused-ring (bicyclic) bond motifs is 1. The first kappa shape index (κ1) is 17.8. The molecule has 0 spiro atoms. The highest BCUT2D eigenvalue weighted by Crippen LogP contribution is 2.28. The van der Waals surface area contributed by atoms with Crippen LogP contribution in [-0.4, -0.2) is 69.9 Å². The van der Waals surface area contributed by atoms with Crippen molar-refractivity contribution in [3.8, 4) is 0 Å². The molecule has 5 rings (SSSR count). The second kappa shape index (κ2) is 7.66. The highest BCUT2D eigenvalue weighted by molar-refractivity contribution is 5.76. The molecule has 1 amide bonds. The zero-order valence-electron chi connectivity index (χ0n) is 16.4. The fourth-order valence-corrected chi connectivity index (χ4v) is 4.84. The van der Waals surface area contributed by atoms with Crippen molar-refractivity contribution in [1.29, 1.82) is 0 Å². The van der Waals surface area contributed by atoms with Crippen molar-refractivity contribution >= 4 is 17.4 Å². The second-order valence-electron chi connectivity index (χ2n) is 8.50. The van der Waals surface area contributed by atoms with Crippen molar-refractivity contribution in [3.05, 3.63) is 18.0 Å². The van der Waals surface area contributed by atoms with Crippen molar-refractivity contribution in [2.75, 3.05) is 44.2 Å². The number of aromatic nitrogens is 4. The smallest absolute Gasteiger partial charge is 0.220 e. The fourth-order valence-electron chi connectivity index (χ4n) is 4.84. The van der Waals surface area contributed by atoms with Gasteiger partial charge in [0.05, 0.1) is 0 Å². The third kappa shape index (κ3) is 3.57. The summed E-state index contributed by atoms with van der Waals surface area (Å²) in [6.45, 7) is 6.26. The highest BCUT2D eigenvalue weighted by Gasteiger charge is 2.28. The van der Waals surface area contributed by atoms with E-state index in [1.54, 1.807) is 0 Å². The van der Waals surface area contributed by atoms with Gasteiger partial charge in [-0.15, -0.1) is 15.3 Å². The molecule has 0 bridgehead atoms. The first-order valence-corrected chi connectivity index (χ1v) is 10.7. The molecule has 150 valence electrons. The van der Waals surface area contributed by atoms with E-state index >= 15 is 0 Å². The standard InChI is InChI=1S/C20H29N7O/c28-19-6-3-15(13-21-19)14-25-11-7-16(8-12-25)20-23-22-17-4-5-18(24-27(17)20)26-9-1-2-10-26/h4-5,15-16H,1-3,6-14H2,(H,21,28). The van der Waals surface area contributed by atoms with Gasteiger partial charge in [0.15, 0.2) is 11.5 Å². The van der Waals surface area contributed by atoms with Crippen molar-refractivity contribution in [1.82, 2.24) is 30.0 Å². The van der Waals surface area contributed by atoms with Crippen molar-refractivity contribution in [3.63, 3.8) is 0 Å². The molecule has 1 unspecified atom stereocenters. The molecule has 1 atom stereocenters. The van der Waals surface area contributed by atoms with Crippen molar-refractivity contribution in [2.24, 2.45) is 5.92 Å². The van der Waals surface area contributed by atoms with Crippen LogP contribution < -0.4 is 10.2 Å². The van der Waals surface area contributed by atoms with E-state index < -0.39 is 0 Å². The predicted octanol–water partition coefficient (Wildman–Crippen LogP) is 1.43. The van der Waals surface area contributed by atoms with E-state index in [1.165, 1.54) is 12.8 Å². The van der Waals surface area contributed by atoms with Gasteiger partial charge in [-0.2, -0.15) is 4.52 Å². The maximum absolute atomic E-state index is 11.3. The van der Waals surface area contributed by atoms with Gasteiger partial charge in [0, 0.05) is 38.5 Å². The molecule has 2 aromatic heterocycles. The van der Waals surface area contributed by atoms with E-state index in [9.17, 15) is 4.79 Å². The molecule has 3 aliphatic heterocycles. The van der Waals surface area contributed by atoms with E-state index in [1.807, 2.05) is 10.6 Å². The number of likely N-dealkylation sites (tertiary alicyclic amines) is 1. The van der Waals surface area contributed by atoms with E-state index in [0.29, 0.717) is 18.3 Å². The Morgan fingerprint density at radius 1 is 1.04 bits per heavy atom. The number of nitrogens with one attached hydrogen (secondary N) is 1. The minimum absolute atomic E-state index is 0.203. The topological polar surface area (TPSA) is 78.7 Å². The number of hydrogen-bond acceptors (Lipinski definition) is 6. The Morgan fingerprint density at radius 3 is 2.61 bits per heavy atom. The van der Waals surface area contributed by atoms with Gasteiger partial charge in [-0.25, -0.2) is 0 Å². The number of anilines is 1. The molecule has 8 heteroatoms. The molecular weight excluding hydrogens is 354 g/mol. The quantitative estimate of drug-likeness (QED) is 0.861. The average molecular weight is 384 g/mol. The van der Waals surface area contributed by atoms with E-state index in [0.717, 1.165) is 75.8 Å². The molecule has 3 aliphatic rings. The largest absolute Gasteiger partial charge is 0.356 e.